The molecule has 0 fully saturated rings. The van der Waals surface area contributed by atoms with Crippen molar-refractivity contribution >= 4 is 281 Å². The molecular weight excluding hydrogens is 1690 g/mol. The van der Waals surface area contributed by atoms with Gasteiger partial charge in [0, 0.05) is 88.3 Å². The summed E-state index contributed by atoms with van der Waals surface area (Å²) in [5, 5.41) is 0. The minimum atomic E-state index is 0. The van der Waals surface area contributed by atoms with E-state index in [2.05, 4.69) is 201 Å². The van der Waals surface area contributed by atoms with Crippen LogP contribution < -0.4 is 0 Å². The van der Waals surface area contributed by atoms with Crippen LogP contribution in [0.25, 0.3) is 185 Å². The van der Waals surface area contributed by atoms with Crippen molar-refractivity contribution in [3.05, 3.63) is 285 Å². The number of rotatable bonds is 0. The number of hydrogen-bond acceptors (Lipinski definition) is 8. The van der Waals surface area contributed by atoms with E-state index in [0.717, 1.165) is 179 Å². The zero-order valence-electron chi connectivity index (χ0n) is 52.9. The van der Waals surface area contributed by atoms with Crippen molar-refractivity contribution in [3.8, 4) is 0 Å². The molecule has 0 saturated carbocycles. The molecule has 100 heavy (non-hydrogen) atoms. The van der Waals surface area contributed by atoms with Gasteiger partial charge >= 0.3 is 0 Å². The van der Waals surface area contributed by atoms with Crippen LogP contribution in [-0.4, -0.2) is 79.7 Å². The summed E-state index contributed by atoms with van der Waals surface area (Å²) in [5.41, 5.74) is 31.4. The highest BCUT2D eigenvalue weighted by Gasteiger charge is 2.08. The van der Waals surface area contributed by atoms with E-state index in [1.165, 1.54) is 0 Å². The zero-order valence-corrected chi connectivity index (χ0v) is 62.2. The molecule has 8 aliphatic rings. The molecule has 8 N–H and O–H groups in total. The van der Waals surface area contributed by atoms with Gasteiger partial charge in [0.2, 0.25) is 0 Å². The molecule has 488 valence electrons. The topological polar surface area (TPSA) is 229 Å². The first-order valence-corrected chi connectivity index (χ1v) is 31.4. The molecule has 0 saturated heterocycles. The molecule has 20 rings (SSSR count). The molecule has 20 heteroatoms. The van der Waals surface area contributed by atoms with E-state index in [0.29, 0.717) is 0 Å². The summed E-state index contributed by atoms with van der Waals surface area (Å²) >= 11 is 0. The quantitative estimate of drug-likeness (QED) is 0.0679. The molecule has 0 amide bonds. The van der Waals surface area contributed by atoms with Crippen LogP contribution in [0.15, 0.2) is 194 Å². The number of nitrogens with zero attached hydrogens (tertiary/aromatic N) is 8. The fraction of sp³-hybridized carbons (Fsp3) is 0. The van der Waals surface area contributed by atoms with Crippen LogP contribution in [0, 0.1) is 0 Å². The summed E-state index contributed by atoms with van der Waals surface area (Å²) in [6, 6.07) is 65.6. The first kappa shape index (κ1) is 67.9. The molecule has 0 atom stereocenters. The largest absolute Gasteiger partial charge is 0.355 e. The molecule has 0 spiro atoms. The second kappa shape index (κ2) is 30.2. The van der Waals surface area contributed by atoms with Gasteiger partial charge in [0.15, 0.2) is 0 Å². The number of fused-ring (bicyclic) bond motifs is 32. The van der Waals surface area contributed by atoms with E-state index in [1.807, 2.05) is 170 Å². The Bertz CT molecular complexity index is 5050. The van der Waals surface area contributed by atoms with Gasteiger partial charge in [-0.2, -0.15) is 0 Å². The van der Waals surface area contributed by atoms with Gasteiger partial charge in [0.1, 0.15) is 0 Å². The van der Waals surface area contributed by atoms with Crippen molar-refractivity contribution in [1.29, 1.82) is 0 Å². The van der Waals surface area contributed by atoms with Crippen LogP contribution in [0.3, 0.4) is 0 Å². The smallest absolute Gasteiger partial charge is 0.0659 e. The highest BCUT2D eigenvalue weighted by atomic mass is 127. The number of aromatic amines is 8. The predicted molar refractivity (Wildman–Crippen MR) is 457 cm³/mol. The van der Waals surface area contributed by atoms with Gasteiger partial charge in [-0.3, -0.25) is 0 Å². The molecule has 0 aliphatic carbocycles. The number of aromatic nitrogens is 16. The van der Waals surface area contributed by atoms with Crippen LogP contribution in [0.5, 0.6) is 0 Å². The summed E-state index contributed by atoms with van der Waals surface area (Å²) in [5.74, 6) is 0. The molecular formula is C80H60I4N16. The van der Waals surface area contributed by atoms with Gasteiger partial charge in [0.25, 0.3) is 0 Å². The van der Waals surface area contributed by atoms with Gasteiger partial charge in [-0.15, -0.1) is 95.9 Å². The van der Waals surface area contributed by atoms with Gasteiger partial charge in [-0.25, -0.2) is 39.9 Å². The fourth-order valence-corrected chi connectivity index (χ4v) is 11.8. The Labute approximate surface area is 640 Å². The van der Waals surface area contributed by atoms with Crippen molar-refractivity contribution in [2.45, 2.75) is 0 Å². The molecule has 12 aromatic rings. The summed E-state index contributed by atoms with van der Waals surface area (Å²) in [6.45, 7) is 0. The van der Waals surface area contributed by atoms with Crippen molar-refractivity contribution in [2.75, 3.05) is 0 Å². The van der Waals surface area contributed by atoms with Gasteiger partial charge in [-0.05, 0) is 291 Å². The van der Waals surface area contributed by atoms with Gasteiger partial charge in [-0.1, -0.05) is 0 Å². The number of H-pyrrole nitrogens is 8. The van der Waals surface area contributed by atoms with Gasteiger partial charge < -0.3 is 39.9 Å². The lowest BCUT2D eigenvalue weighted by Gasteiger charge is -1.86. The molecule has 16 nitrogen and oxygen atoms in total. The first-order chi connectivity index (χ1) is 47.2. The van der Waals surface area contributed by atoms with Crippen LogP contribution in [0.4, 0.5) is 0 Å². The summed E-state index contributed by atoms with van der Waals surface area (Å²) < 4.78 is 0. The van der Waals surface area contributed by atoms with Crippen molar-refractivity contribution in [2.24, 2.45) is 0 Å². The Balaban J connectivity index is 0.000000118. The van der Waals surface area contributed by atoms with Crippen LogP contribution >= 0.6 is 95.9 Å². The third-order valence-corrected chi connectivity index (χ3v) is 16.2. The molecule has 0 aromatic carbocycles. The lowest BCUT2D eigenvalue weighted by Crippen LogP contribution is -1.77. The van der Waals surface area contributed by atoms with E-state index < -0.39 is 0 Å². The maximum Gasteiger partial charge on any atom is 0.0659 e. The maximum absolute atomic E-state index is 4.62. The zero-order chi connectivity index (χ0) is 63.7. The highest BCUT2D eigenvalue weighted by molar-refractivity contribution is 14.0. The van der Waals surface area contributed by atoms with Gasteiger partial charge in [0.05, 0.1) is 91.1 Å². The molecule has 0 radical (unpaired) electrons. The Morgan fingerprint density at radius 1 is 0.120 bits per heavy atom. The molecule has 20 heterocycles. The third-order valence-electron chi connectivity index (χ3n) is 16.2. The monoisotopic (exact) mass is 1750 g/mol. The minimum absolute atomic E-state index is 0. The standard InChI is InChI=1S/4C20H14N4.4HI/c4*1-2-14-10-16-5-6-18(23-16)12-20-8-7-19(24-20)11-17-4-3-15(22-17)9-13(1)21-14;;;;/h4*1-12,21-22H;4*1H. The number of hydrogen-bond donors (Lipinski definition) is 8. The maximum atomic E-state index is 4.62. The normalized spacial score (nSPS) is 12.2. The summed E-state index contributed by atoms with van der Waals surface area (Å²) in [4.78, 5) is 64.1. The van der Waals surface area contributed by atoms with Crippen molar-refractivity contribution in [3.63, 3.8) is 0 Å². The third kappa shape index (κ3) is 16.7. The molecule has 12 aromatic heterocycles. The Hall–Kier alpha value is -10.7. The van der Waals surface area contributed by atoms with E-state index in [4.69, 9.17) is 0 Å². The van der Waals surface area contributed by atoms with E-state index in [1.54, 1.807) is 0 Å². The molecule has 32 bridgehead atoms. The fourth-order valence-electron chi connectivity index (χ4n) is 11.8. The Morgan fingerprint density at radius 2 is 0.210 bits per heavy atom. The average molecular weight is 1750 g/mol. The van der Waals surface area contributed by atoms with Crippen LogP contribution in [0.1, 0.15) is 91.1 Å². The van der Waals surface area contributed by atoms with E-state index in [9.17, 15) is 0 Å². The summed E-state index contributed by atoms with van der Waals surface area (Å²) in [7, 11) is 0. The number of halogens is 4. The molecule has 8 aliphatic heterocycles. The average Bonchev–Trinajstić information content (AvgIpc) is 1.71. The second-order valence-corrected chi connectivity index (χ2v) is 23.6. The van der Waals surface area contributed by atoms with Crippen LogP contribution in [-0.2, 0) is 0 Å². The molecule has 0 unspecified atom stereocenters. The number of nitrogens with one attached hydrogen (secondary N) is 8. The minimum Gasteiger partial charge on any atom is -0.355 e. The Kier molecular flexibility index (Phi) is 20.5. The SMILES string of the molecule is C1=Cc2cc3ccc(cc4ccc(cc5nc(cc1n2)C=C5)[nH]4)[nH]3.C1=Cc2cc3ccc(cc4ccc(cc5nc(cc1n2)C=C5)[nH]4)[nH]3.C1=Cc2cc3ccc(cc4ccc(cc5nc(cc1n2)C=C5)[nH]4)[nH]3.C1=Cc2cc3ccc(cc4ccc(cc5nc(cc1n2)C=C5)[nH]4)[nH]3.I.I.I.I. The first-order valence-electron chi connectivity index (χ1n) is 31.4. The predicted octanol–water partition coefficient (Wildman–Crippen LogP) is 21.1. The highest BCUT2D eigenvalue weighted by Crippen LogP contribution is 2.24. The van der Waals surface area contributed by atoms with Crippen LogP contribution in [0.2, 0.25) is 0 Å². The van der Waals surface area contributed by atoms with E-state index >= 15 is 0 Å². The van der Waals surface area contributed by atoms with E-state index in [-0.39, 0.29) is 95.9 Å². The lowest BCUT2D eigenvalue weighted by atomic mass is 10.3. The second-order valence-electron chi connectivity index (χ2n) is 23.6. The lowest BCUT2D eigenvalue weighted by molar-refractivity contribution is 1.28. The Morgan fingerprint density at radius 3 is 0.320 bits per heavy atom. The van der Waals surface area contributed by atoms with Crippen molar-refractivity contribution < 1.29 is 0 Å². The summed E-state index contributed by atoms with van der Waals surface area (Å²) in [6.07, 6.45) is 32.2. The van der Waals surface area contributed by atoms with Crippen molar-refractivity contribution in [1.82, 2.24) is 79.7 Å².